The smallest absolute Gasteiger partial charge is 0.207 e. The SMILES string of the molecule is CC1(O)CCN(c2nc(C(C)(C)C)nc3nn(Cc4ccccc4Cl)nc23)C1. The van der Waals surface area contributed by atoms with Crippen LogP contribution in [0.5, 0.6) is 0 Å². The number of benzene rings is 1. The molecule has 1 aromatic carbocycles. The van der Waals surface area contributed by atoms with Crippen molar-refractivity contribution in [2.24, 2.45) is 0 Å². The first-order valence-electron chi connectivity index (χ1n) is 9.46. The van der Waals surface area contributed by atoms with Gasteiger partial charge < -0.3 is 10.0 Å². The lowest BCUT2D eigenvalue weighted by molar-refractivity contribution is 0.0839. The number of anilines is 1. The summed E-state index contributed by atoms with van der Waals surface area (Å²) < 4.78 is 0. The number of rotatable bonds is 3. The monoisotopic (exact) mass is 400 g/mol. The zero-order valence-electron chi connectivity index (χ0n) is 16.6. The Labute approximate surface area is 169 Å². The van der Waals surface area contributed by atoms with Crippen molar-refractivity contribution in [3.63, 3.8) is 0 Å². The highest BCUT2D eigenvalue weighted by Crippen LogP contribution is 2.31. The van der Waals surface area contributed by atoms with Crippen molar-refractivity contribution in [2.45, 2.75) is 51.7 Å². The molecule has 1 atom stereocenters. The molecule has 8 heteroatoms. The fourth-order valence-corrected chi connectivity index (χ4v) is 3.56. The second-order valence-corrected chi connectivity index (χ2v) is 9.19. The van der Waals surface area contributed by atoms with Gasteiger partial charge in [0.25, 0.3) is 0 Å². The highest BCUT2D eigenvalue weighted by Gasteiger charge is 2.34. The predicted octanol–water partition coefficient (Wildman–Crippen LogP) is 3.18. The van der Waals surface area contributed by atoms with Gasteiger partial charge in [-0.25, -0.2) is 9.97 Å². The van der Waals surface area contributed by atoms with E-state index in [1.807, 2.05) is 31.2 Å². The molecule has 1 fully saturated rings. The molecule has 0 amide bonds. The first-order chi connectivity index (χ1) is 13.1. The van der Waals surface area contributed by atoms with E-state index in [9.17, 15) is 5.11 Å². The Hall–Kier alpha value is -2.25. The fourth-order valence-electron chi connectivity index (χ4n) is 3.37. The summed E-state index contributed by atoms with van der Waals surface area (Å²) in [6.07, 6.45) is 0.692. The minimum absolute atomic E-state index is 0.225. The molecule has 0 spiro atoms. The van der Waals surface area contributed by atoms with E-state index in [0.717, 1.165) is 17.9 Å². The van der Waals surface area contributed by atoms with Crippen molar-refractivity contribution >= 4 is 28.6 Å². The third kappa shape index (κ3) is 3.69. The summed E-state index contributed by atoms with van der Waals surface area (Å²) in [5.41, 5.74) is 1.20. The summed E-state index contributed by atoms with van der Waals surface area (Å²) in [6, 6.07) is 7.66. The highest BCUT2D eigenvalue weighted by molar-refractivity contribution is 6.31. The summed E-state index contributed by atoms with van der Waals surface area (Å²) in [7, 11) is 0. The van der Waals surface area contributed by atoms with Gasteiger partial charge in [0.2, 0.25) is 5.65 Å². The zero-order chi connectivity index (χ0) is 20.1. The number of hydrogen-bond acceptors (Lipinski definition) is 6. The molecule has 7 nitrogen and oxygen atoms in total. The number of aromatic nitrogens is 5. The van der Waals surface area contributed by atoms with Gasteiger partial charge >= 0.3 is 0 Å². The van der Waals surface area contributed by atoms with Crippen LogP contribution in [0.4, 0.5) is 5.82 Å². The highest BCUT2D eigenvalue weighted by atomic mass is 35.5. The second kappa shape index (κ2) is 6.67. The van der Waals surface area contributed by atoms with E-state index < -0.39 is 5.60 Å². The van der Waals surface area contributed by atoms with Gasteiger partial charge in [-0.2, -0.15) is 4.80 Å². The van der Waals surface area contributed by atoms with E-state index >= 15 is 0 Å². The van der Waals surface area contributed by atoms with Crippen LogP contribution in [0, 0.1) is 0 Å². The van der Waals surface area contributed by atoms with E-state index in [2.05, 4.69) is 40.9 Å². The van der Waals surface area contributed by atoms with Crippen LogP contribution in [-0.2, 0) is 12.0 Å². The third-order valence-electron chi connectivity index (χ3n) is 4.96. The van der Waals surface area contributed by atoms with Crippen LogP contribution in [-0.4, -0.2) is 48.8 Å². The largest absolute Gasteiger partial charge is 0.388 e. The summed E-state index contributed by atoms with van der Waals surface area (Å²) in [4.78, 5) is 13.2. The van der Waals surface area contributed by atoms with Crippen molar-refractivity contribution < 1.29 is 5.11 Å². The van der Waals surface area contributed by atoms with Crippen molar-refractivity contribution in [2.75, 3.05) is 18.0 Å². The molecule has 1 N–H and O–H groups in total. The average molecular weight is 401 g/mol. The standard InChI is InChI=1S/C20H25ClN6O/c1-19(2,3)18-22-16-15(17(23-18)26-10-9-20(4,28)12-26)24-27(25-16)11-13-7-5-6-8-14(13)21/h5-8,28H,9-12H2,1-4H3. The van der Waals surface area contributed by atoms with Gasteiger partial charge in [-0.15, -0.1) is 10.2 Å². The van der Waals surface area contributed by atoms with E-state index in [1.54, 1.807) is 4.80 Å². The molecule has 28 heavy (non-hydrogen) atoms. The topological polar surface area (TPSA) is 80.0 Å². The van der Waals surface area contributed by atoms with Gasteiger partial charge in [0.15, 0.2) is 11.3 Å². The molecule has 4 rings (SSSR count). The minimum atomic E-state index is -0.729. The molecular formula is C20H25ClN6O. The molecule has 0 radical (unpaired) electrons. The maximum Gasteiger partial charge on any atom is 0.207 e. The number of halogens is 1. The summed E-state index contributed by atoms with van der Waals surface area (Å²) in [5, 5.41) is 20.4. The lowest BCUT2D eigenvalue weighted by Crippen LogP contribution is -2.31. The number of β-amino-alcohol motifs (C(OH)–C–C–N with tert-alkyl or cyclic N) is 1. The van der Waals surface area contributed by atoms with Crippen LogP contribution < -0.4 is 4.90 Å². The predicted molar refractivity (Wildman–Crippen MR) is 110 cm³/mol. The Balaban J connectivity index is 1.80. The molecule has 1 saturated heterocycles. The molecule has 1 unspecified atom stereocenters. The Kier molecular flexibility index (Phi) is 4.55. The van der Waals surface area contributed by atoms with E-state index in [-0.39, 0.29) is 5.41 Å². The maximum absolute atomic E-state index is 10.4. The molecule has 3 heterocycles. The minimum Gasteiger partial charge on any atom is -0.388 e. The number of fused-ring (bicyclic) bond motifs is 1. The Morgan fingerprint density at radius 1 is 1.18 bits per heavy atom. The van der Waals surface area contributed by atoms with Crippen molar-refractivity contribution in [3.05, 3.63) is 40.7 Å². The van der Waals surface area contributed by atoms with Crippen molar-refractivity contribution in [1.82, 2.24) is 25.0 Å². The van der Waals surface area contributed by atoms with Crippen LogP contribution in [0.25, 0.3) is 11.2 Å². The second-order valence-electron chi connectivity index (χ2n) is 8.78. The molecule has 0 bridgehead atoms. The first kappa shape index (κ1) is 19.1. The number of nitrogens with zero attached hydrogens (tertiary/aromatic N) is 6. The summed E-state index contributed by atoms with van der Waals surface area (Å²) in [5.74, 6) is 1.45. The molecule has 3 aromatic rings. The van der Waals surface area contributed by atoms with Gasteiger partial charge in [0, 0.05) is 23.5 Å². The number of hydrogen-bond donors (Lipinski definition) is 1. The number of aliphatic hydroxyl groups is 1. The molecule has 0 saturated carbocycles. The quantitative estimate of drug-likeness (QED) is 0.727. The molecule has 1 aliphatic heterocycles. The fraction of sp³-hybridized carbons (Fsp3) is 0.500. The lowest BCUT2D eigenvalue weighted by atomic mass is 9.96. The van der Waals surface area contributed by atoms with Crippen molar-refractivity contribution in [1.29, 1.82) is 0 Å². The Morgan fingerprint density at radius 2 is 1.93 bits per heavy atom. The van der Waals surface area contributed by atoms with Crippen LogP contribution in [0.3, 0.4) is 0 Å². The van der Waals surface area contributed by atoms with Gasteiger partial charge in [0.05, 0.1) is 12.1 Å². The average Bonchev–Trinajstić information content (AvgIpc) is 3.17. The van der Waals surface area contributed by atoms with Crippen molar-refractivity contribution in [3.8, 4) is 0 Å². The molecule has 0 aliphatic carbocycles. The van der Waals surface area contributed by atoms with Gasteiger partial charge in [0.1, 0.15) is 5.82 Å². The van der Waals surface area contributed by atoms with Crippen LogP contribution in [0.2, 0.25) is 5.02 Å². The Morgan fingerprint density at radius 3 is 2.57 bits per heavy atom. The molecule has 148 valence electrons. The van der Waals surface area contributed by atoms with E-state index in [4.69, 9.17) is 16.6 Å². The summed E-state index contributed by atoms with van der Waals surface area (Å²) in [6.45, 7) is 9.77. The van der Waals surface area contributed by atoms with Gasteiger partial charge in [-0.1, -0.05) is 50.6 Å². The lowest BCUT2D eigenvalue weighted by Gasteiger charge is -2.22. The van der Waals surface area contributed by atoms with E-state index in [1.165, 1.54) is 0 Å². The van der Waals surface area contributed by atoms with Crippen LogP contribution in [0.15, 0.2) is 24.3 Å². The first-order valence-corrected chi connectivity index (χ1v) is 9.84. The molecule has 2 aromatic heterocycles. The zero-order valence-corrected chi connectivity index (χ0v) is 17.4. The third-order valence-corrected chi connectivity index (χ3v) is 5.33. The van der Waals surface area contributed by atoms with Gasteiger partial charge in [-0.05, 0) is 25.0 Å². The maximum atomic E-state index is 10.4. The summed E-state index contributed by atoms with van der Waals surface area (Å²) >= 11 is 6.29. The normalized spacial score (nSPS) is 20.3. The van der Waals surface area contributed by atoms with E-state index in [0.29, 0.717) is 41.5 Å². The molecular weight excluding hydrogens is 376 g/mol. The Bertz CT molecular complexity index is 1020. The van der Waals surface area contributed by atoms with Gasteiger partial charge in [-0.3, -0.25) is 0 Å². The van der Waals surface area contributed by atoms with Crippen LogP contribution in [0.1, 0.15) is 45.5 Å². The van der Waals surface area contributed by atoms with Crippen LogP contribution >= 0.6 is 11.6 Å². The molecule has 1 aliphatic rings.